The summed E-state index contributed by atoms with van der Waals surface area (Å²) in [4.78, 5) is 12.7. The van der Waals surface area contributed by atoms with Gasteiger partial charge in [0.25, 0.3) is 3.53 Å². The maximum Gasteiger partial charge on any atom is 0.252 e. The molecule has 1 saturated heterocycles. The smallest absolute Gasteiger partial charge is 0.252 e. The van der Waals surface area contributed by atoms with Crippen LogP contribution in [0.2, 0.25) is 18.1 Å². The fraction of sp³-hybridized carbons (Fsp3) is 0.857. The van der Waals surface area contributed by atoms with E-state index in [1.165, 1.54) is 0 Å². The van der Waals surface area contributed by atoms with Gasteiger partial charge < -0.3 is 9.67 Å². The monoisotopic (exact) mass is 366 g/mol. The maximum absolute atomic E-state index is 12.7. The fourth-order valence-corrected chi connectivity index (χ4v) is 9.19. The van der Waals surface area contributed by atoms with Crippen molar-refractivity contribution in [3.8, 4) is 0 Å². The van der Waals surface area contributed by atoms with Crippen molar-refractivity contribution in [3.05, 3.63) is 0 Å². The summed E-state index contributed by atoms with van der Waals surface area (Å²) < 4.78 is 2.75. The standard InChI is InChI=1S/C14H27NO2S3Si/c1-8-20(13(18)19)12-10(9(2)16)11(17)15(12)21(6,7)14(3,4)5/h9-10,12,16H,8H2,1-7H3/p+1. The number of carbonyl (C=O) groups is 1. The number of nitrogens with zero attached hydrogens (tertiary/aromatic N) is 1. The van der Waals surface area contributed by atoms with Gasteiger partial charge in [0.15, 0.2) is 8.24 Å². The Hall–Kier alpha value is 0.437. The number of thiocarbonyl (C=S) groups is 1. The molecule has 21 heavy (non-hydrogen) atoms. The largest absolute Gasteiger partial charge is 0.392 e. The zero-order chi connectivity index (χ0) is 16.7. The van der Waals surface area contributed by atoms with E-state index in [0.717, 1.165) is 5.75 Å². The number of hydrogen-bond acceptors (Lipinski definition) is 3. The Morgan fingerprint density at radius 1 is 1.52 bits per heavy atom. The van der Waals surface area contributed by atoms with Crippen molar-refractivity contribution in [3.63, 3.8) is 0 Å². The molecule has 3 nitrogen and oxygen atoms in total. The van der Waals surface area contributed by atoms with Crippen LogP contribution in [0.15, 0.2) is 0 Å². The number of thiol groups is 1. The second-order valence-electron chi connectivity index (χ2n) is 7.16. The predicted molar refractivity (Wildman–Crippen MR) is 102 cm³/mol. The van der Waals surface area contributed by atoms with Crippen molar-refractivity contribution < 1.29 is 9.90 Å². The summed E-state index contributed by atoms with van der Waals surface area (Å²) >= 11 is 9.70. The van der Waals surface area contributed by atoms with Gasteiger partial charge in [-0.1, -0.05) is 46.5 Å². The third-order valence-electron chi connectivity index (χ3n) is 4.87. The molecule has 0 aromatic carbocycles. The molecule has 1 fully saturated rings. The number of hydrogen-bond donors (Lipinski definition) is 2. The molecule has 0 saturated carbocycles. The van der Waals surface area contributed by atoms with Gasteiger partial charge in [-0.3, -0.25) is 4.79 Å². The van der Waals surface area contributed by atoms with E-state index in [-0.39, 0.29) is 33.1 Å². The van der Waals surface area contributed by atoms with Gasteiger partial charge in [0.2, 0.25) is 11.3 Å². The molecule has 0 aromatic heterocycles. The topological polar surface area (TPSA) is 40.5 Å². The molecule has 0 radical (unpaired) electrons. The minimum atomic E-state index is -1.97. The van der Waals surface area contributed by atoms with Crippen LogP contribution in [0.25, 0.3) is 0 Å². The van der Waals surface area contributed by atoms with Gasteiger partial charge in [0.1, 0.15) is 11.7 Å². The minimum Gasteiger partial charge on any atom is -0.392 e. The second kappa shape index (κ2) is 6.51. The van der Waals surface area contributed by atoms with Crippen LogP contribution in [-0.4, -0.2) is 44.6 Å². The van der Waals surface area contributed by atoms with Crippen LogP contribution in [0.4, 0.5) is 0 Å². The van der Waals surface area contributed by atoms with Gasteiger partial charge in [-0.25, -0.2) is 0 Å². The molecule has 0 aliphatic carbocycles. The first-order valence-corrected chi connectivity index (χ1v) is 12.6. The number of amides is 1. The first-order valence-electron chi connectivity index (χ1n) is 7.31. The Kier molecular flexibility index (Phi) is 6.04. The summed E-state index contributed by atoms with van der Waals surface area (Å²) in [5.41, 5.74) is 0. The molecule has 1 aliphatic heterocycles. The second-order valence-corrected chi connectivity index (χ2v) is 16.3. The SMILES string of the molecule is CC[S+](C(=S)S)C1C(C(C)O)C(=O)N1[Si](C)(C)C(C)(C)C. The molecule has 4 atom stereocenters. The number of carbonyl (C=O) groups excluding carboxylic acids is 1. The Morgan fingerprint density at radius 3 is 2.29 bits per heavy atom. The van der Waals surface area contributed by atoms with Crippen molar-refractivity contribution in [2.45, 2.75) is 64.2 Å². The van der Waals surface area contributed by atoms with E-state index in [0.29, 0.717) is 3.53 Å². The lowest BCUT2D eigenvalue weighted by molar-refractivity contribution is -0.149. The molecule has 1 amide bonds. The van der Waals surface area contributed by atoms with Crippen molar-refractivity contribution in [2.75, 3.05) is 5.75 Å². The molecule has 0 aromatic rings. The van der Waals surface area contributed by atoms with Gasteiger partial charge in [-0.15, -0.1) is 0 Å². The normalized spacial score (nSPS) is 26.3. The molecule has 0 spiro atoms. The Morgan fingerprint density at radius 2 is 2.00 bits per heavy atom. The van der Waals surface area contributed by atoms with Crippen LogP contribution in [0.1, 0.15) is 34.6 Å². The lowest BCUT2D eigenvalue weighted by Gasteiger charge is -2.56. The number of aliphatic hydroxyl groups is 1. The zero-order valence-corrected chi connectivity index (χ0v) is 17.5. The first kappa shape index (κ1) is 19.5. The van der Waals surface area contributed by atoms with E-state index >= 15 is 0 Å². The maximum atomic E-state index is 12.7. The quantitative estimate of drug-likeness (QED) is 0.264. The highest BCUT2D eigenvalue weighted by Gasteiger charge is 2.65. The summed E-state index contributed by atoms with van der Waals surface area (Å²) in [6.07, 6.45) is -0.632. The highest BCUT2D eigenvalue weighted by atomic mass is 32.3. The molecule has 4 unspecified atom stereocenters. The van der Waals surface area contributed by atoms with E-state index in [2.05, 4.69) is 58.0 Å². The van der Waals surface area contributed by atoms with E-state index in [1.54, 1.807) is 6.92 Å². The average Bonchev–Trinajstić information content (AvgIpc) is 2.25. The summed E-state index contributed by atoms with van der Waals surface area (Å²) in [5.74, 6) is 0.638. The molecule has 0 bridgehead atoms. The van der Waals surface area contributed by atoms with Crippen LogP contribution in [0.5, 0.6) is 0 Å². The van der Waals surface area contributed by atoms with E-state index in [1.807, 2.05) is 0 Å². The number of aliphatic hydroxyl groups excluding tert-OH is 1. The molecular weight excluding hydrogens is 338 g/mol. The molecule has 122 valence electrons. The molecule has 1 N–H and O–H groups in total. The van der Waals surface area contributed by atoms with Crippen molar-refractivity contribution >= 4 is 53.4 Å². The summed E-state index contributed by atoms with van der Waals surface area (Å²) in [6.45, 7) is 14.8. The molecule has 7 heteroatoms. The predicted octanol–water partition coefficient (Wildman–Crippen LogP) is 3.01. The number of β-lactam (4-membered cyclic amide) rings is 1. The van der Waals surface area contributed by atoms with Gasteiger partial charge >= 0.3 is 0 Å². The summed E-state index contributed by atoms with van der Waals surface area (Å²) in [7, 11) is -2.22. The van der Waals surface area contributed by atoms with Gasteiger partial charge in [0.05, 0.1) is 17.0 Å². The van der Waals surface area contributed by atoms with Crippen LogP contribution in [-0.2, 0) is 15.7 Å². The Labute approximate surface area is 143 Å². The lowest BCUT2D eigenvalue weighted by Crippen LogP contribution is -2.76. The van der Waals surface area contributed by atoms with Crippen molar-refractivity contribution in [1.29, 1.82) is 0 Å². The summed E-state index contributed by atoms with van der Waals surface area (Å²) in [5, 5.41) is 10.1. The van der Waals surface area contributed by atoms with Gasteiger partial charge in [0, 0.05) is 0 Å². The van der Waals surface area contributed by atoms with E-state index in [4.69, 9.17) is 12.2 Å². The van der Waals surface area contributed by atoms with Gasteiger partial charge in [-0.05, 0) is 31.1 Å². The zero-order valence-electron chi connectivity index (χ0n) is 14.0. The van der Waals surface area contributed by atoms with Crippen molar-refractivity contribution in [1.82, 2.24) is 4.57 Å². The highest BCUT2D eigenvalue weighted by molar-refractivity contribution is 8.40. The van der Waals surface area contributed by atoms with Crippen LogP contribution >= 0.6 is 24.8 Å². The Balaban J connectivity index is 3.25. The third kappa shape index (κ3) is 3.36. The van der Waals surface area contributed by atoms with Crippen LogP contribution in [0, 0.1) is 5.92 Å². The lowest BCUT2D eigenvalue weighted by atomic mass is 9.96. The summed E-state index contributed by atoms with van der Waals surface area (Å²) in [6, 6.07) is 0. The molecule has 1 aliphatic rings. The van der Waals surface area contributed by atoms with Crippen LogP contribution in [0.3, 0.4) is 0 Å². The number of rotatable bonds is 4. The van der Waals surface area contributed by atoms with E-state index < -0.39 is 14.3 Å². The molecule has 1 heterocycles. The average molecular weight is 367 g/mol. The van der Waals surface area contributed by atoms with Crippen LogP contribution < -0.4 is 0 Å². The highest BCUT2D eigenvalue weighted by Crippen LogP contribution is 2.47. The van der Waals surface area contributed by atoms with Crippen molar-refractivity contribution in [2.24, 2.45) is 5.92 Å². The van der Waals surface area contributed by atoms with Gasteiger partial charge in [-0.2, -0.15) is 0 Å². The third-order valence-corrected chi connectivity index (χ3v) is 13.9. The minimum absolute atomic E-state index is 0.0217. The first-order chi connectivity index (χ1) is 9.37. The molecular formula is C14H28NO2S3Si+. The molecule has 1 rings (SSSR count). The Bertz CT molecular complexity index is 432. The van der Waals surface area contributed by atoms with E-state index in [9.17, 15) is 9.90 Å². The fourth-order valence-electron chi connectivity index (χ4n) is 2.59.